The van der Waals surface area contributed by atoms with Crippen LogP contribution in [-0.4, -0.2) is 33.7 Å². The first-order chi connectivity index (χ1) is 13.3. The van der Waals surface area contributed by atoms with E-state index in [9.17, 15) is 12.8 Å². The van der Waals surface area contributed by atoms with E-state index in [1.165, 1.54) is 6.07 Å². The SMILES string of the molecule is CN=C(NCCCS(=O)(=O)Cc1ccccc1)NC(C)c1ccc(C)c(F)c1. The highest BCUT2D eigenvalue weighted by atomic mass is 32.2. The van der Waals surface area contributed by atoms with Crippen LogP contribution in [-0.2, 0) is 15.6 Å². The van der Waals surface area contributed by atoms with E-state index >= 15 is 0 Å². The Balaban J connectivity index is 1.79. The van der Waals surface area contributed by atoms with Gasteiger partial charge in [0.1, 0.15) is 5.82 Å². The molecule has 0 aliphatic carbocycles. The molecule has 152 valence electrons. The van der Waals surface area contributed by atoms with E-state index in [1.54, 1.807) is 20.0 Å². The summed E-state index contributed by atoms with van der Waals surface area (Å²) in [4.78, 5) is 4.15. The van der Waals surface area contributed by atoms with Crippen LogP contribution in [0.3, 0.4) is 0 Å². The topological polar surface area (TPSA) is 70.6 Å². The van der Waals surface area contributed by atoms with Crippen molar-refractivity contribution >= 4 is 15.8 Å². The zero-order chi connectivity index (χ0) is 20.6. The molecule has 0 bridgehead atoms. The van der Waals surface area contributed by atoms with Crippen molar-refractivity contribution < 1.29 is 12.8 Å². The lowest BCUT2D eigenvalue weighted by molar-refractivity contribution is 0.591. The lowest BCUT2D eigenvalue weighted by Gasteiger charge is -2.18. The number of aryl methyl sites for hydroxylation is 1. The lowest BCUT2D eigenvalue weighted by Crippen LogP contribution is -2.39. The Bertz CT molecular complexity index is 899. The van der Waals surface area contributed by atoms with Crippen LogP contribution in [0.2, 0.25) is 0 Å². The summed E-state index contributed by atoms with van der Waals surface area (Å²) in [5.74, 6) is 0.466. The summed E-state index contributed by atoms with van der Waals surface area (Å²) in [6, 6.07) is 14.2. The molecule has 2 N–H and O–H groups in total. The molecule has 28 heavy (non-hydrogen) atoms. The Labute approximate surface area is 167 Å². The molecule has 0 saturated carbocycles. The molecule has 0 saturated heterocycles. The van der Waals surface area contributed by atoms with E-state index in [0.717, 1.165) is 11.1 Å². The van der Waals surface area contributed by atoms with Crippen molar-refractivity contribution in [3.05, 3.63) is 71.0 Å². The third-order valence-corrected chi connectivity index (χ3v) is 6.11. The zero-order valence-corrected chi connectivity index (χ0v) is 17.4. The molecule has 0 amide bonds. The minimum absolute atomic E-state index is 0.0524. The Hall–Kier alpha value is -2.41. The van der Waals surface area contributed by atoms with Crippen LogP contribution in [0.1, 0.15) is 36.1 Å². The van der Waals surface area contributed by atoms with Crippen LogP contribution >= 0.6 is 0 Å². The van der Waals surface area contributed by atoms with Crippen molar-refractivity contribution in [2.45, 2.75) is 32.1 Å². The molecule has 2 rings (SSSR count). The molecule has 0 heterocycles. The molecule has 1 unspecified atom stereocenters. The molecule has 0 aliphatic rings. The number of guanidine groups is 1. The highest BCUT2D eigenvalue weighted by Gasteiger charge is 2.13. The molecule has 0 aromatic heterocycles. The van der Waals surface area contributed by atoms with Gasteiger partial charge in [0.2, 0.25) is 0 Å². The summed E-state index contributed by atoms with van der Waals surface area (Å²) in [5.41, 5.74) is 2.22. The average Bonchev–Trinajstić information content (AvgIpc) is 2.66. The van der Waals surface area contributed by atoms with E-state index in [-0.39, 0.29) is 23.4 Å². The van der Waals surface area contributed by atoms with Crippen LogP contribution in [0.25, 0.3) is 0 Å². The van der Waals surface area contributed by atoms with Gasteiger partial charge in [-0.2, -0.15) is 0 Å². The predicted molar refractivity (Wildman–Crippen MR) is 113 cm³/mol. The van der Waals surface area contributed by atoms with Crippen molar-refractivity contribution in [1.82, 2.24) is 10.6 Å². The first-order valence-electron chi connectivity index (χ1n) is 9.28. The maximum Gasteiger partial charge on any atom is 0.191 e. The van der Waals surface area contributed by atoms with Gasteiger partial charge in [0.25, 0.3) is 0 Å². The summed E-state index contributed by atoms with van der Waals surface area (Å²) >= 11 is 0. The number of hydrogen-bond acceptors (Lipinski definition) is 3. The van der Waals surface area contributed by atoms with E-state index in [1.807, 2.05) is 43.3 Å². The van der Waals surface area contributed by atoms with Crippen LogP contribution < -0.4 is 10.6 Å². The number of benzene rings is 2. The summed E-state index contributed by atoms with van der Waals surface area (Å²) in [7, 11) is -1.51. The van der Waals surface area contributed by atoms with Crippen LogP contribution in [0.5, 0.6) is 0 Å². The number of nitrogens with zero attached hydrogens (tertiary/aromatic N) is 1. The number of nitrogens with one attached hydrogen (secondary N) is 2. The number of hydrogen-bond donors (Lipinski definition) is 2. The zero-order valence-electron chi connectivity index (χ0n) is 16.6. The Kier molecular flexibility index (Phi) is 7.99. The van der Waals surface area contributed by atoms with Crippen molar-refractivity contribution in [3.63, 3.8) is 0 Å². The molecular formula is C21H28FN3O2S. The fourth-order valence-electron chi connectivity index (χ4n) is 2.76. The molecule has 0 fully saturated rings. The summed E-state index contributed by atoms with van der Waals surface area (Å²) in [6.07, 6.45) is 0.476. The fourth-order valence-corrected chi connectivity index (χ4v) is 4.19. The first kappa shape index (κ1) is 21.9. The molecule has 0 aliphatic heterocycles. The Morgan fingerprint density at radius 3 is 2.54 bits per heavy atom. The molecule has 0 radical (unpaired) electrons. The van der Waals surface area contributed by atoms with Crippen LogP contribution in [0.4, 0.5) is 4.39 Å². The lowest BCUT2D eigenvalue weighted by atomic mass is 10.1. The highest BCUT2D eigenvalue weighted by molar-refractivity contribution is 7.90. The van der Waals surface area contributed by atoms with E-state index in [0.29, 0.717) is 24.5 Å². The van der Waals surface area contributed by atoms with Gasteiger partial charge in [-0.15, -0.1) is 0 Å². The Morgan fingerprint density at radius 1 is 1.18 bits per heavy atom. The molecule has 5 nitrogen and oxygen atoms in total. The van der Waals surface area contributed by atoms with Gasteiger partial charge in [-0.05, 0) is 43.0 Å². The minimum Gasteiger partial charge on any atom is -0.356 e. The van der Waals surface area contributed by atoms with Gasteiger partial charge in [-0.1, -0.05) is 42.5 Å². The first-order valence-corrected chi connectivity index (χ1v) is 11.1. The second kappa shape index (κ2) is 10.2. The smallest absolute Gasteiger partial charge is 0.191 e. The standard InChI is InChI=1S/C21H28FN3O2S/c1-16-10-11-19(14-20(16)22)17(2)25-21(23-3)24-12-7-13-28(26,27)15-18-8-5-4-6-9-18/h4-6,8-11,14,17H,7,12-13,15H2,1-3H3,(H2,23,24,25). The summed E-state index contributed by atoms with van der Waals surface area (Å²) < 4.78 is 38.2. The second-order valence-corrected chi connectivity index (χ2v) is 8.99. The van der Waals surface area contributed by atoms with Crippen molar-refractivity contribution in [2.24, 2.45) is 4.99 Å². The number of aliphatic imine (C=N–C) groups is 1. The fraction of sp³-hybridized carbons (Fsp3) is 0.381. The largest absolute Gasteiger partial charge is 0.356 e. The highest BCUT2D eigenvalue weighted by Crippen LogP contribution is 2.16. The molecule has 2 aromatic carbocycles. The van der Waals surface area contributed by atoms with E-state index in [4.69, 9.17) is 0 Å². The summed E-state index contributed by atoms with van der Waals surface area (Å²) in [6.45, 7) is 4.12. The minimum atomic E-state index is -3.16. The molecule has 2 aromatic rings. The van der Waals surface area contributed by atoms with Crippen molar-refractivity contribution in [2.75, 3.05) is 19.3 Å². The van der Waals surface area contributed by atoms with Gasteiger partial charge in [0.05, 0.1) is 17.5 Å². The van der Waals surface area contributed by atoms with Gasteiger partial charge in [-0.3, -0.25) is 4.99 Å². The molecule has 1 atom stereocenters. The third kappa shape index (κ3) is 6.96. The van der Waals surface area contributed by atoms with E-state index < -0.39 is 9.84 Å². The van der Waals surface area contributed by atoms with Crippen molar-refractivity contribution in [1.29, 1.82) is 0 Å². The predicted octanol–water partition coefficient (Wildman–Crippen LogP) is 3.37. The maximum absolute atomic E-state index is 13.7. The van der Waals surface area contributed by atoms with Gasteiger partial charge in [-0.25, -0.2) is 12.8 Å². The van der Waals surface area contributed by atoms with Gasteiger partial charge in [0.15, 0.2) is 15.8 Å². The quantitative estimate of drug-likeness (QED) is 0.401. The second-order valence-electron chi connectivity index (χ2n) is 6.80. The summed E-state index contributed by atoms with van der Waals surface area (Å²) in [5, 5.41) is 6.30. The monoisotopic (exact) mass is 405 g/mol. The Morgan fingerprint density at radius 2 is 1.89 bits per heavy atom. The van der Waals surface area contributed by atoms with E-state index in [2.05, 4.69) is 15.6 Å². The van der Waals surface area contributed by atoms with Crippen LogP contribution in [0.15, 0.2) is 53.5 Å². The van der Waals surface area contributed by atoms with Gasteiger partial charge < -0.3 is 10.6 Å². The maximum atomic E-state index is 13.7. The van der Waals surface area contributed by atoms with Gasteiger partial charge in [0, 0.05) is 13.6 Å². The average molecular weight is 406 g/mol. The van der Waals surface area contributed by atoms with Crippen LogP contribution in [0, 0.1) is 12.7 Å². The molecule has 7 heteroatoms. The third-order valence-electron chi connectivity index (χ3n) is 4.43. The van der Waals surface area contributed by atoms with Gasteiger partial charge >= 0.3 is 0 Å². The normalized spacial score (nSPS) is 13.2. The number of sulfone groups is 1. The molecule has 0 spiro atoms. The number of rotatable bonds is 8. The van der Waals surface area contributed by atoms with Crippen molar-refractivity contribution in [3.8, 4) is 0 Å². The number of halogens is 1. The molecular weight excluding hydrogens is 377 g/mol.